The van der Waals surface area contributed by atoms with Crippen molar-refractivity contribution in [3.63, 3.8) is 0 Å². The summed E-state index contributed by atoms with van der Waals surface area (Å²) in [4.78, 5) is 11.1. The second-order valence-corrected chi connectivity index (χ2v) is 6.68. The van der Waals surface area contributed by atoms with E-state index >= 15 is 0 Å². The number of aliphatic hydroxyl groups excluding tert-OH is 1. The molecule has 8 heteroatoms. The Morgan fingerprint density at radius 1 is 1.53 bits per heavy atom. The molecule has 108 valence electrons. The molecule has 1 rings (SSSR count). The molecule has 7 nitrogen and oxygen atoms in total. The van der Waals surface area contributed by atoms with Crippen molar-refractivity contribution < 1.29 is 18.3 Å². The minimum absolute atomic E-state index is 0.0326. The molecular formula is C11H19N3O4S. The van der Waals surface area contributed by atoms with Gasteiger partial charge in [-0.3, -0.25) is 4.79 Å². The molecule has 0 bridgehead atoms. The smallest absolute Gasteiger partial charge is 0.265 e. The molecule has 0 aromatic carbocycles. The van der Waals surface area contributed by atoms with E-state index in [2.05, 4.69) is 4.72 Å². The molecule has 1 heterocycles. The van der Waals surface area contributed by atoms with Gasteiger partial charge in [-0.25, -0.2) is 13.1 Å². The lowest BCUT2D eigenvalue weighted by Gasteiger charge is -2.24. The first-order valence-electron chi connectivity index (χ1n) is 5.70. The molecule has 4 N–H and O–H groups in total. The Morgan fingerprint density at radius 3 is 2.53 bits per heavy atom. The van der Waals surface area contributed by atoms with Crippen molar-refractivity contribution in [3.8, 4) is 0 Å². The standard InChI is InChI=1S/C11H19N3O4S/c1-11(2,4-5-15)13-19(17,18)8-6-9(10(12)16)14(3)7-8/h6-7,13,15H,4-5H2,1-3H3,(H2,12,16). The van der Waals surface area contributed by atoms with E-state index < -0.39 is 21.5 Å². The highest BCUT2D eigenvalue weighted by Crippen LogP contribution is 2.17. The van der Waals surface area contributed by atoms with Gasteiger partial charge >= 0.3 is 0 Å². The minimum Gasteiger partial charge on any atom is -0.396 e. The number of aromatic nitrogens is 1. The highest BCUT2D eigenvalue weighted by molar-refractivity contribution is 7.89. The van der Waals surface area contributed by atoms with Crippen molar-refractivity contribution >= 4 is 15.9 Å². The summed E-state index contributed by atoms with van der Waals surface area (Å²) in [6, 6.07) is 1.22. The topological polar surface area (TPSA) is 114 Å². The maximum absolute atomic E-state index is 12.2. The number of nitrogens with two attached hydrogens (primary N) is 1. The van der Waals surface area contributed by atoms with E-state index in [1.54, 1.807) is 13.8 Å². The number of nitrogens with one attached hydrogen (secondary N) is 1. The van der Waals surface area contributed by atoms with Crippen molar-refractivity contribution in [2.45, 2.75) is 30.7 Å². The maximum Gasteiger partial charge on any atom is 0.265 e. The van der Waals surface area contributed by atoms with Gasteiger partial charge in [0.2, 0.25) is 10.0 Å². The van der Waals surface area contributed by atoms with E-state index in [0.29, 0.717) is 0 Å². The van der Waals surface area contributed by atoms with Gasteiger partial charge in [0.05, 0.1) is 0 Å². The average Bonchev–Trinajstić information content (AvgIpc) is 2.58. The molecular weight excluding hydrogens is 270 g/mol. The molecule has 0 aliphatic carbocycles. The zero-order valence-electron chi connectivity index (χ0n) is 11.2. The summed E-state index contributed by atoms with van der Waals surface area (Å²) in [5.41, 5.74) is 4.47. The van der Waals surface area contributed by atoms with Crippen LogP contribution in [0.3, 0.4) is 0 Å². The number of aryl methyl sites for hydroxylation is 1. The number of nitrogens with zero attached hydrogens (tertiary/aromatic N) is 1. The summed E-state index contributed by atoms with van der Waals surface area (Å²) in [7, 11) is -2.23. The first-order chi connectivity index (χ1) is 8.59. The summed E-state index contributed by atoms with van der Waals surface area (Å²) in [6.07, 6.45) is 1.60. The molecule has 0 fully saturated rings. The van der Waals surface area contributed by atoms with Crippen LogP contribution in [0.15, 0.2) is 17.2 Å². The van der Waals surface area contributed by atoms with Gasteiger partial charge < -0.3 is 15.4 Å². The highest BCUT2D eigenvalue weighted by Gasteiger charge is 2.27. The monoisotopic (exact) mass is 289 g/mol. The summed E-state index contributed by atoms with van der Waals surface area (Å²) in [5.74, 6) is -0.696. The Labute approximate surface area is 112 Å². The third-order valence-electron chi connectivity index (χ3n) is 2.69. The van der Waals surface area contributed by atoms with Crippen molar-refractivity contribution in [2.75, 3.05) is 6.61 Å². The highest BCUT2D eigenvalue weighted by atomic mass is 32.2. The van der Waals surface area contributed by atoms with Crippen LogP contribution in [0, 0.1) is 0 Å². The second-order valence-electron chi connectivity index (χ2n) is 5.00. The van der Waals surface area contributed by atoms with E-state index in [1.807, 2.05) is 0 Å². The van der Waals surface area contributed by atoms with Crippen LogP contribution >= 0.6 is 0 Å². The third-order valence-corrected chi connectivity index (χ3v) is 4.36. The number of carbonyl (C=O) groups is 1. The predicted octanol–water partition coefficient (Wildman–Crippen LogP) is -0.437. The number of hydrogen-bond donors (Lipinski definition) is 3. The fourth-order valence-corrected chi connectivity index (χ4v) is 3.19. The Hall–Kier alpha value is -1.38. The van der Waals surface area contributed by atoms with Gasteiger partial charge in [-0.2, -0.15) is 0 Å². The van der Waals surface area contributed by atoms with E-state index in [0.717, 1.165) is 0 Å². The third kappa shape index (κ3) is 3.79. The summed E-state index contributed by atoms with van der Waals surface area (Å²) >= 11 is 0. The van der Waals surface area contributed by atoms with Crippen LogP contribution in [-0.4, -0.2) is 36.1 Å². The lowest BCUT2D eigenvalue weighted by molar-refractivity contribution is 0.0992. The second kappa shape index (κ2) is 5.32. The van der Waals surface area contributed by atoms with Crippen molar-refractivity contribution in [1.82, 2.24) is 9.29 Å². The lowest BCUT2D eigenvalue weighted by atomic mass is 10.0. The largest absolute Gasteiger partial charge is 0.396 e. The first kappa shape index (κ1) is 15.7. The molecule has 1 amide bonds. The van der Waals surface area contributed by atoms with Crippen LogP contribution in [-0.2, 0) is 17.1 Å². The summed E-state index contributed by atoms with van der Waals surface area (Å²) < 4.78 is 28.1. The van der Waals surface area contributed by atoms with Crippen LogP contribution in [0.5, 0.6) is 0 Å². The van der Waals surface area contributed by atoms with Crippen LogP contribution in [0.1, 0.15) is 30.8 Å². The molecule has 0 atom stereocenters. The number of amides is 1. The summed E-state index contributed by atoms with van der Waals surface area (Å²) in [5, 5.41) is 8.89. The van der Waals surface area contributed by atoms with Crippen molar-refractivity contribution in [3.05, 3.63) is 18.0 Å². The average molecular weight is 289 g/mol. The number of carbonyl (C=O) groups excluding carboxylic acids is 1. The van der Waals surface area contributed by atoms with Gasteiger partial charge in [-0.05, 0) is 26.3 Å². The quantitative estimate of drug-likeness (QED) is 0.658. The zero-order valence-corrected chi connectivity index (χ0v) is 12.0. The minimum atomic E-state index is -3.77. The molecule has 0 radical (unpaired) electrons. The number of hydrogen-bond acceptors (Lipinski definition) is 4. The van der Waals surface area contributed by atoms with E-state index in [9.17, 15) is 13.2 Å². The molecule has 1 aromatic rings. The van der Waals surface area contributed by atoms with Crippen molar-refractivity contribution in [1.29, 1.82) is 0 Å². The van der Waals surface area contributed by atoms with Gasteiger partial charge in [0.1, 0.15) is 10.6 Å². The van der Waals surface area contributed by atoms with Crippen molar-refractivity contribution in [2.24, 2.45) is 12.8 Å². The number of rotatable bonds is 6. The molecule has 0 unspecified atom stereocenters. The normalized spacial score (nSPS) is 12.6. The fourth-order valence-electron chi connectivity index (χ4n) is 1.68. The fraction of sp³-hybridized carbons (Fsp3) is 0.545. The van der Waals surface area contributed by atoms with Gasteiger partial charge in [-0.1, -0.05) is 0 Å². The number of primary amides is 1. The Kier molecular flexibility index (Phi) is 4.39. The molecule has 0 saturated carbocycles. The molecule has 0 aliphatic rings. The van der Waals surface area contributed by atoms with Gasteiger partial charge in [0, 0.05) is 25.4 Å². The van der Waals surface area contributed by atoms with Crippen LogP contribution in [0.25, 0.3) is 0 Å². The Morgan fingerprint density at radius 2 is 2.11 bits per heavy atom. The maximum atomic E-state index is 12.2. The van der Waals surface area contributed by atoms with E-state index in [4.69, 9.17) is 10.8 Å². The zero-order chi connectivity index (χ0) is 14.8. The van der Waals surface area contributed by atoms with Crippen LogP contribution in [0.2, 0.25) is 0 Å². The predicted molar refractivity (Wildman–Crippen MR) is 70.0 cm³/mol. The van der Waals surface area contributed by atoms with Crippen LogP contribution in [0.4, 0.5) is 0 Å². The molecule has 0 aliphatic heterocycles. The number of sulfonamides is 1. The molecule has 0 saturated heterocycles. The lowest BCUT2D eigenvalue weighted by Crippen LogP contribution is -2.43. The molecule has 1 aromatic heterocycles. The molecule has 0 spiro atoms. The summed E-state index contributed by atoms with van der Waals surface area (Å²) in [6.45, 7) is 3.20. The Bertz CT molecular complexity index is 575. The van der Waals surface area contributed by atoms with Gasteiger partial charge in [0.25, 0.3) is 5.91 Å². The van der Waals surface area contributed by atoms with E-state index in [1.165, 1.54) is 23.9 Å². The molecule has 19 heavy (non-hydrogen) atoms. The number of aliphatic hydroxyl groups is 1. The SMILES string of the molecule is Cn1cc(S(=O)(=O)NC(C)(C)CCO)cc1C(N)=O. The van der Waals surface area contributed by atoms with Gasteiger partial charge in [-0.15, -0.1) is 0 Å². The van der Waals surface area contributed by atoms with E-state index in [-0.39, 0.29) is 23.6 Å². The Balaban J connectivity index is 3.08. The first-order valence-corrected chi connectivity index (χ1v) is 7.18. The van der Waals surface area contributed by atoms with Crippen LogP contribution < -0.4 is 10.5 Å². The van der Waals surface area contributed by atoms with Gasteiger partial charge in [0.15, 0.2) is 0 Å².